The number of hydrogen-bond acceptors (Lipinski definition) is 3. The lowest BCUT2D eigenvalue weighted by Gasteiger charge is -2.45. The van der Waals surface area contributed by atoms with Crippen LogP contribution in [0.4, 0.5) is 0 Å². The van der Waals surface area contributed by atoms with Gasteiger partial charge in [0.25, 0.3) is 0 Å². The molecular formula is C22H43IN6. The van der Waals surface area contributed by atoms with Crippen LogP contribution in [0, 0.1) is 25.7 Å². The van der Waals surface area contributed by atoms with E-state index in [-0.39, 0.29) is 35.6 Å². The quantitative estimate of drug-likeness (QED) is 0.344. The first kappa shape index (κ1) is 26.2. The van der Waals surface area contributed by atoms with E-state index in [1.54, 1.807) is 0 Å². The Morgan fingerprint density at radius 3 is 2.31 bits per heavy atom. The molecule has 1 aromatic heterocycles. The maximum Gasteiger partial charge on any atom is 0.191 e. The molecule has 0 aromatic carbocycles. The number of nitrogens with zero attached hydrogens (tertiary/aromatic N) is 4. The van der Waals surface area contributed by atoms with Gasteiger partial charge in [0, 0.05) is 51.0 Å². The van der Waals surface area contributed by atoms with E-state index in [1.165, 1.54) is 30.8 Å². The van der Waals surface area contributed by atoms with Crippen LogP contribution in [0.25, 0.3) is 0 Å². The molecule has 2 rings (SSSR count). The minimum atomic E-state index is 0. The summed E-state index contributed by atoms with van der Waals surface area (Å²) in [7, 11) is 3.86. The third kappa shape index (κ3) is 7.12. The predicted octanol–water partition coefficient (Wildman–Crippen LogP) is 3.51. The Hall–Kier alpha value is -0.830. The Kier molecular flexibility index (Phi) is 9.92. The highest BCUT2D eigenvalue weighted by molar-refractivity contribution is 14.0. The fraction of sp³-hybridized carbons (Fsp3) is 0.818. The van der Waals surface area contributed by atoms with Crippen molar-refractivity contribution in [3.63, 3.8) is 0 Å². The van der Waals surface area contributed by atoms with Crippen molar-refractivity contribution in [3.05, 3.63) is 17.0 Å². The smallest absolute Gasteiger partial charge is 0.191 e. The number of piperidine rings is 1. The topological polar surface area (TPSA) is 57.5 Å². The Morgan fingerprint density at radius 2 is 1.83 bits per heavy atom. The van der Waals surface area contributed by atoms with Crippen molar-refractivity contribution >= 4 is 29.9 Å². The number of rotatable bonds is 6. The highest BCUT2D eigenvalue weighted by atomic mass is 127. The van der Waals surface area contributed by atoms with Gasteiger partial charge in [-0.05, 0) is 64.9 Å². The second-order valence-electron chi connectivity index (χ2n) is 9.61. The maximum absolute atomic E-state index is 4.53. The van der Waals surface area contributed by atoms with Gasteiger partial charge >= 0.3 is 0 Å². The summed E-state index contributed by atoms with van der Waals surface area (Å²) in [5.41, 5.74) is 3.78. The number of guanidine groups is 1. The lowest BCUT2D eigenvalue weighted by atomic mass is 9.88. The molecule has 1 aromatic rings. The predicted molar refractivity (Wildman–Crippen MR) is 134 cm³/mol. The van der Waals surface area contributed by atoms with Gasteiger partial charge in [0.1, 0.15) is 0 Å². The van der Waals surface area contributed by atoms with Gasteiger partial charge in [-0.25, -0.2) is 0 Å². The molecule has 1 saturated heterocycles. The number of likely N-dealkylation sites (tertiary alicyclic amines) is 1. The van der Waals surface area contributed by atoms with Crippen molar-refractivity contribution in [2.24, 2.45) is 23.9 Å². The van der Waals surface area contributed by atoms with Crippen LogP contribution < -0.4 is 10.6 Å². The van der Waals surface area contributed by atoms with E-state index in [0.717, 1.165) is 36.5 Å². The second-order valence-corrected chi connectivity index (χ2v) is 9.61. The molecule has 1 fully saturated rings. The Labute approximate surface area is 195 Å². The van der Waals surface area contributed by atoms with Gasteiger partial charge in [-0.15, -0.1) is 24.0 Å². The first-order chi connectivity index (χ1) is 13.0. The van der Waals surface area contributed by atoms with Crippen molar-refractivity contribution in [2.45, 2.75) is 72.9 Å². The van der Waals surface area contributed by atoms with E-state index in [2.05, 4.69) is 74.1 Å². The molecule has 3 unspecified atom stereocenters. The molecule has 6 nitrogen and oxygen atoms in total. The number of aliphatic imine (C=N–C) groups is 1. The highest BCUT2D eigenvalue weighted by Crippen LogP contribution is 2.26. The normalized spacial score (nSPS) is 22.2. The molecule has 0 spiro atoms. The van der Waals surface area contributed by atoms with Crippen LogP contribution >= 0.6 is 24.0 Å². The van der Waals surface area contributed by atoms with E-state index < -0.39 is 0 Å². The molecule has 0 radical (unpaired) electrons. The monoisotopic (exact) mass is 518 g/mol. The van der Waals surface area contributed by atoms with Gasteiger partial charge in [-0.1, -0.05) is 13.8 Å². The van der Waals surface area contributed by atoms with Crippen molar-refractivity contribution in [1.29, 1.82) is 0 Å². The van der Waals surface area contributed by atoms with Gasteiger partial charge in [0.15, 0.2) is 5.96 Å². The third-order valence-electron chi connectivity index (χ3n) is 6.19. The first-order valence-corrected chi connectivity index (χ1v) is 10.7. The van der Waals surface area contributed by atoms with Crippen LogP contribution in [-0.2, 0) is 13.5 Å². The van der Waals surface area contributed by atoms with E-state index in [1.807, 2.05) is 18.8 Å². The number of nitrogens with one attached hydrogen (secondary N) is 2. The number of aromatic nitrogens is 2. The maximum atomic E-state index is 4.53. The first-order valence-electron chi connectivity index (χ1n) is 10.7. The van der Waals surface area contributed by atoms with Crippen molar-refractivity contribution < 1.29 is 0 Å². The summed E-state index contributed by atoms with van der Waals surface area (Å²) in [6, 6.07) is 0.283. The van der Waals surface area contributed by atoms with Gasteiger partial charge in [-0.3, -0.25) is 14.6 Å². The van der Waals surface area contributed by atoms with Crippen LogP contribution in [0.1, 0.15) is 58.0 Å². The van der Waals surface area contributed by atoms with Crippen LogP contribution in [0.15, 0.2) is 4.99 Å². The Balaban J connectivity index is 0.00000420. The molecule has 0 saturated carbocycles. The molecule has 2 N–H and O–H groups in total. The standard InChI is InChI=1S/C22H42N6.HI/c1-15-10-16(2)13-28(12-15)22(6,7)14-24-21(23-8)25-17(3)11-20-18(4)26-27(9)19(20)5;/h15-17H,10-14H2,1-9H3,(H2,23,24,25);1H. The number of aryl methyl sites for hydroxylation is 2. The molecule has 2 heterocycles. The number of hydrogen-bond donors (Lipinski definition) is 2. The molecule has 168 valence electrons. The summed E-state index contributed by atoms with van der Waals surface area (Å²) in [6.07, 6.45) is 2.28. The largest absolute Gasteiger partial charge is 0.355 e. The summed E-state index contributed by atoms with van der Waals surface area (Å²) < 4.78 is 1.97. The molecule has 0 bridgehead atoms. The van der Waals surface area contributed by atoms with E-state index in [4.69, 9.17) is 0 Å². The van der Waals surface area contributed by atoms with Crippen LogP contribution in [0.2, 0.25) is 0 Å². The summed E-state index contributed by atoms with van der Waals surface area (Å²) in [5.74, 6) is 2.41. The van der Waals surface area contributed by atoms with Gasteiger partial charge in [0.05, 0.1) is 5.69 Å². The van der Waals surface area contributed by atoms with Crippen LogP contribution in [-0.4, -0.2) is 58.9 Å². The lowest BCUT2D eigenvalue weighted by Crippen LogP contribution is -2.57. The average molecular weight is 519 g/mol. The molecule has 3 atom stereocenters. The van der Waals surface area contributed by atoms with E-state index in [0.29, 0.717) is 0 Å². The Morgan fingerprint density at radius 1 is 1.24 bits per heavy atom. The molecule has 1 aliphatic rings. The molecule has 29 heavy (non-hydrogen) atoms. The molecular weight excluding hydrogens is 475 g/mol. The van der Waals surface area contributed by atoms with Crippen molar-refractivity contribution in [1.82, 2.24) is 25.3 Å². The average Bonchev–Trinajstić information content (AvgIpc) is 2.84. The summed E-state index contributed by atoms with van der Waals surface area (Å²) in [5, 5.41) is 11.7. The Bertz CT molecular complexity index is 671. The fourth-order valence-electron chi connectivity index (χ4n) is 4.47. The minimum Gasteiger partial charge on any atom is -0.355 e. The van der Waals surface area contributed by atoms with Gasteiger partial charge < -0.3 is 10.6 Å². The van der Waals surface area contributed by atoms with E-state index >= 15 is 0 Å². The SMILES string of the molecule is CN=C(NCC(C)(C)N1CC(C)CC(C)C1)NC(C)Cc1c(C)nn(C)c1C.I. The fourth-order valence-corrected chi connectivity index (χ4v) is 4.47. The van der Waals surface area contributed by atoms with Crippen molar-refractivity contribution in [3.8, 4) is 0 Å². The van der Waals surface area contributed by atoms with Crippen LogP contribution in [0.3, 0.4) is 0 Å². The molecule has 7 heteroatoms. The lowest BCUT2D eigenvalue weighted by molar-refractivity contribution is 0.0483. The zero-order chi connectivity index (χ0) is 21.1. The van der Waals surface area contributed by atoms with E-state index in [9.17, 15) is 0 Å². The number of halogens is 1. The summed E-state index contributed by atoms with van der Waals surface area (Å²) in [6.45, 7) is 19.1. The van der Waals surface area contributed by atoms with Crippen LogP contribution in [0.5, 0.6) is 0 Å². The second kappa shape index (κ2) is 11.0. The van der Waals surface area contributed by atoms with Gasteiger partial charge in [0.2, 0.25) is 0 Å². The zero-order valence-electron chi connectivity index (χ0n) is 20.0. The third-order valence-corrected chi connectivity index (χ3v) is 6.19. The zero-order valence-corrected chi connectivity index (χ0v) is 22.3. The molecule has 1 aliphatic heterocycles. The highest BCUT2D eigenvalue weighted by Gasteiger charge is 2.32. The van der Waals surface area contributed by atoms with Crippen molar-refractivity contribution in [2.75, 3.05) is 26.7 Å². The minimum absolute atomic E-state index is 0. The van der Waals surface area contributed by atoms with Gasteiger partial charge in [-0.2, -0.15) is 5.10 Å². The molecule has 0 aliphatic carbocycles. The summed E-state index contributed by atoms with van der Waals surface area (Å²) >= 11 is 0. The summed E-state index contributed by atoms with van der Waals surface area (Å²) in [4.78, 5) is 7.09. The molecule has 0 amide bonds.